The number of carbonyl (C=O) groups is 17. The van der Waals surface area contributed by atoms with Gasteiger partial charge in [-0.05, 0) is 55.4 Å². The Labute approximate surface area is 730 Å². The molecule has 123 heavy (non-hydrogen) atoms. The first-order chi connectivity index (χ1) is 58.2. The number of hydrogen-bond acceptors (Lipinski definition) is 23. The number of rotatable bonds is 71. The number of nitrogens with two attached hydrogens (primary N) is 7. The molecule has 0 rings (SSSR count). The van der Waals surface area contributed by atoms with Crippen molar-refractivity contribution >= 4 is 100 Å². The predicted octanol–water partition coefficient (Wildman–Crippen LogP) is -3.10. The van der Waals surface area contributed by atoms with E-state index in [9.17, 15) is 81.5 Å². The van der Waals surface area contributed by atoms with Gasteiger partial charge in [0, 0.05) is 300 Å². The fourth-order valence-electron chi connectivity index (χ4n) is 13.3. The number of hydrogen-bond donors (Lipinski definition) is 13. The van der Waals surface area contributed by atoms with Gasteiger partial charge in [-0.2, -0.15) is 0 Å². The fourth-order valence-corrected chi connectivity index (χ4v) is 13.3. The fraction of sp³-hybridized carbons (Fsp3) is 0.795. The van der Waals surface area contributed by atoms with Crippen LogP contribution in [0, 0.1) is 29.6 Å². The Morgan fingerprint density at radius 1 is 0.236 bits per heavy atom. The third-order valence-electron chi connectivity index (χ3n) is 19.5. The summed E-state index contributed by atoms with van der Waals surface area (Å²) < 4.78 is 0. The van der Waals surface area contributed by atoms with Crippen molar-refractivity contribution in [1.29, 1.82) is 0 Å². The summed E-state index contributed by atoms with van der Waals surface area (Å²) in [5, 5.41) is 16.2. The number of nitrogens with zero attached hydrogens (tertiary/aromatic N) is 10. The molecule has 0 spiro atoms. The highest BCUT2D eigenvalue weighted by Crippen LogP contribution is 2.14. The molecule has 0 aromatic heterocycles. The van der Waals surface area contributed by atoms with Crippen LogP contribution in [0.25, 0.3) is 0 Å². The second-order valence-corrected chi connectivity index (χ2v) is 33.0. The van der Waals surface area contributed by atoms with Crippen LogP contribution in [0.15, 0.2) is 0 Å². The smallest absolute Gasteiger partial charge is 0.239 e. The van der Waals surface area contributed by atoms with Crippen LogP contribution in [0.1, 0.15) is 192 Å². The highest BCUT2D eigenvalue weighted by Gasteiger charge is 2.28. The monoisotopic (exact) mass is 1750 g/mol. The number of nitrogens with one attached hydrogen (secondary N) is 6. The Kier molecular flexibility index (Phi) is 62.1. The Morgan fingerprint density at radius 2 is 0.431 bits per heavy atom. The maximum atomic E-state index is 13.7. The molecule has 20 N–H and O–H groups in total. The van der Waals surface area contributed by atoms with Gasteiger partial charge in [-0.15, -0.1) is 0 Å². The summed E-state index contributed by atoms with van der Waals surface area (Å²) in [6, 6.07) is -0.865. The van der Waals surface area contributed by atoms with Gasteiger partial charge in [-0.25, -0.2) is 0 Å². The summed E-state index contributed by atoms with van der Waals surface area (Å²) in [6.07, 6.45) is 0.676. The maximum Gasteiger partial charge on any atom is 0.239 e. The minimum absolute atomic E-state index is 0.00482. The van der Waals surface area contributed by atoms with E-state index in [0.29, 0.717) is 58.5 Å². The lowest BCUT2D eigenvalue weighted by Crippen LogP contribution is -2.46. The van der Waals surface area contributed by atoms with E-state index in [1.54, 1.807) is 24.5 Å². The van der Waals surface area contributed by atoms with Crippen LogP contribution in [0.5, 0.6) is 0 Å². The summed E-state index contributed by atoms with van der Waals surface area (Å²) in [6.45, 7) is 24.8. The lowest BCUT2D eigenvalue weighted by Gasteiger charge is -2.28. The topological polar surface area (TPSA) is 577 Å². The van der Waals surface area contributed by atoms with E-state index in [1.165, 1.54) is 31.4 Å². The molecule has 40 nitrogen and oxygen atoms in total. The Balaban J connectivity index is 5.39. The van der Waals surface area contributed by atoms with Gasteiger partial charge in [0.05, 0.1) is 0 Å². The zero-order valence-corrected chi connectivity index (χ0v) is 76.1. The normalized spacial score (nSPS) is 11.4. The van der Waals surface area contributed by atoms with Crippen LogP contribution in [-0.2, 0) is 81.5 Å². The summed E-state index contributed by atoms with van der Waals surface area (Å²) in [4.78, 5) is 238. The molecule has 0 aromatic rings. The van der Waals surface area contributed by atoms with Gasteiger partial charge in [0.1, 0.15) is 6.04 Å². The average molecular weight is 1750 g/mol. The van der Waals surface area contributed by atoms with Gasteiger partial charge in [-0.3, -0.25) is 81.5 Å². The summed E-state index contributed by atoms with van der Waals surface area (Å²) in [7, 11) is 0. The number of carbonyl (C=O) groups excluding carboxylic acids is 17. The molecule has 0 aliphatic carbocycles. The quantitative estimate of drug-likeness (QED) is 0.0268. The van der Waals surface area contributed by atoms with Crippen LogP contribution in [0.4, 0.5) is 0 Å². The SMILES string of the molecule is CC(=O)NCCC(=O)N(CCC(=O)N(CCN)CCC(=O)NCCC(=O)N(CCC(=O)N(CCN)CCC(=O)NCCC(=O)N(CCC(=O)N(CCN)CCC(=O)NCCC(=O)N(CCC(=O)N(CCN)CCC(=O)NCCC(=O)N(CCC(=O)N(CCN)CCC(=O)N[C@@H](CCCCN)C(N)=O)CC(C)C)CC(C)C)CC(C)C)CC(C)C)CC(C)C. The Hall–Kier alpha value is -9.25. The van der Waals surface area contributed by atoms with E-state index >= 15 is 0 Å². The summed E-state index contributed by atoms with van der Waals surface area (Å²) in [5.74, 6) is -5.77. The van der Waals surface area contributed by atoms with Crippen molar-refractivity contribution < 1.29 is 81.5 Å². The van der Waals surface area contributed by atoms with Crippen molar-refractivity contribution in [3.8, 4) is 0 Å². The van der Waals surface area contributed by atoms with Gasteiger partial charge in [-0.1, -0.05) is 69.2 Å². The molecule has 0 aliphatic heterocycles. The highest BCUT2D eigenvalue weighted by atomic mass is 16.2. The Bertz CT molecular complexity index is 3220. The zero-order chi connectivity index (χ0) is 92.9. The van der Waals surface area contributed by atoms with Crippen LogP contribution < -0.4 is 72.0 Å². The molecular formula is C83H157N23O17. The van der Waals surface area contributed by atoms with Crippen molar-refractivity contribution in [2.45, 2.75) is 198 Å². The van der Waals surface area contributed by atoms with Crippen LogP contribution >= 0.6 is 0 Å². The average Bonchev–Trinajstić information content (AvgIpc) is 0.918. The molecule has 0 saturated heterocycles. The van der Waals surface area contributed by atoms with E-state index in [-0.39, 0.29) is 360 Å². The zero-order valence-electron chi connectivity index (χ0n) is 76.1. The van der Waals surface area contributed by atoms with Crippen LogP contribution in [0.3, 0.4) is 0 Å². The molecule has 0 radical (unpaired) electrons. The summed E-state index contributed by atoms with van der Waals surface area (Å²) in [5.41, 5.74) is 40.3. The second kappa shape index (κ2) is 67.2. The third kappa shape index (κ3) is 54.9. The standard InChI is InChI=1S/C83H157N23O17/c1-61(2)56-102(73(113)15-36-91-66(11)107)46-25-78(118)97(51-31-85)41-20-68(108)92-37-16-74(114)103(57-62(3)4)47-26-79(119)98(52-32-86)42-21-69(109)93-38-17-75(115)104(58-63(5)6)48-27-80(120)99(53-33-87)43-22-70(110)94-39-18-76(116)105(59-64(7)8)49-28-81(121)100(54-34-88)44-23-71(111)95-40-19-77(117)106(60-65(9)10)50-29-82(122)101(55-35-89)45-24-72(112)96-67(83(90)123)14-12-13-30-84/h61-65,67H,12-60,84-89H2,1-11H3,(H2,90,123)(H,91,107)(H,92,108)(H,93,109)(H,94,110)(H,95,111)(H,96,112)/t67-/m0/s1. The molecule has 17 amide bonds. The van der Waals surface area contributed by atoms with Gasteiger partial charge in [0.25, 0.3) is 0 Å². The lowest BCUT2D eigenvalue weighted by molar-refractivity contribution is -0.137. The molecular weight excluding hydrogens is 1590 g/mol. The number of amides is 17. The van der Waals surface area contributed by atoms with Crippen LogP contribution in [-0.4, -0.2) is 358 Å². The molecule has 40 heteroatoms. The molecule has 706 valence electrons. The molecule has 1 atom stereocenters. The molecule has 0 saturated carbocycles. The number of unbranched alkanes of at least 4 members (excludes halogenated alkanes) is 1. The maximum absolute atomic E-state index is 13.7. The van der Waals surface area contributed by atoms with Crippen molar-refractivity contribution in [2.24, 2.45) is 69.7 Å². The van der Waals surface area contributed by atoms with Gasteiger partial charge in [0.2, 0.25) is 100 Å². The first kappa shape index (κ1) is 114. The first-order valence-electron chi connectivity index (χ1n) is 44.1. The molecule has 0 heterocycles. The minimum atomic E-state index is -0.865. The molecule has 0 aliphatic rings. The molecule has 0 aromatic carbocycles. The minimum Gasteiger partial charge on any atom is -0.368 e. The van der Waals surface area contributed by atoms with Crippen molar-refractivity contribution in [3.05, 3.63) is 0 Å². The van der Waals surface area contributed by atoms with E-state index in [4.69, 9.17) is 40.1 Å². The van der Waals surface area contributed by atoms with E-state index in [0.717, 1.165) is 0 Å². The molecule has 0 bridgehead atoms. The first-order valence-corrected chi connectivity index (χ1v) is 44.1. The van der Waals surface area contributed by atoms with E-state index in [1.807, 2.05) is 69.2 Å². The van der Waals surface area contributed by atoms with Gasteiger partial charge >= 0.3 is 0 Å². The number of primary amides is 1. The van der Waals surface area contributed by atoms with Crippen molar-refractivity contribution in [3.63, 3.8) is 0 Å². The van der Waals surface area contributed by atoms with E-state index in [2.05, 4.69) is 31.9 Å². The van der Waals surface area contributed by atoms with Crippen molar-refractivity contribution in [2.75, 3.05) is 203 Å². The second-order valence-electron chi connectivity index (χ2n) is 33.0. The summed E-state index contributed by atoms with van der Waals surface area (Å²) >= 11 is 0. The lowest BCUT2D eigenvalue weighted by atomic mass is 10.1. The van der Waals surface area contributed by atoms with Crippen LogP contribution in [0.2, 0.25) is 0 Å². The van der Waals surface area contributed by atoms with Crippen molar-refractivity contribution in [1.82, 2.24) is 80.9 Å². The Morgan fingerprint density at radius 3 is 0.618 bits per heavy atom. The molecule has 0 fully saturated rings. The van der Waals surface area contributed by atoms with E-state index < -0.39 is 35.6 Å². The highest BCUT2D eigenvalue weighted by molar-refractivity contribution is 5.88. The van der Waals surface area contributed by atoms with Gasteiger partial charge < -0.3 is 121 Å². The van der Waals surface area contributed by atoms with Gasteiger partial charge in [0.15, 0.2) is 0 Å². The third-order valence-corrected chi connectivity index (χ3v) is 19.5. The molecule has 0 unspecified atom stereocenters. The largest absolute Gasteiger partial charge is 0.368 e. The predicted molar refractivity (Wildman–Crippen MR) is 469 cm³/mol.